The molecule has 92 valence electrons. The maximum atomic E-state index is 11.9. The molecule has 0 saturated carbocycles. The summed E-state index contributed by atoms with van der Waals surface area (Å²) in [6.07, 6.45) is 1.64. The van der Waals surface area contributed by atoms with Crippen molar-refractivity contribution in [2.24, 2.45) is 5.92 Å². The zero-order valence-corrected chi connectivity index (χ0v) is 10.4. The summed E-state index contributed by atoms with van der Waals surface area (Å²) in [5.41, 5.74) is 1.03. The van der Waals surface area contributed by atoms with Gasteiger partial charge in [-0.25, -0.2) is 0 Å². The molecular weight excluding hydrogens is 238 g/mol. The van der Waals surface area contributed by atoms with Crippen LogP contribution >= 0.6 is 11.6 Å². The van der Waals surface area contributed by atoms with Crippen molar-refractivity contribution < 1.29 is 9.53 Å². The fourth-order valence-electron chi connectivity index (χ4n) is 1.94. The van der Waals surface area contributed by atoms with Crippen molar-refractivity contribution in [2.45, 2.75) is 19.4 Å². The number of halogens is 1. The minimum atomic E-state index is 0.0999. The van der Waals surface area contributed by atoms with Gasteiger partial charge in [0, 0.05) is 30.7 Å². The Kier molecular flexibility index (Phi) is 4.40. The van der Waals surface area contributed by atoms with Crippen LogP contribution in [-0.2, 0) is 16.1 Å². The molecule has 0 unspecified atom stereocenters. The quantitative estimate of drug-likeness (QED) is 0.898. The average Bonchev–Trinajstić information content (AvgIpc) is 2.37. The van der Waals surface area contributed by atoms with Gasteiger partial charge in [-0.3, -0.25) is 4.79 Å². The summed E-state index contributed by atoms with van der Waals surface area (Å²) >= 11 is 5.88. The van der Waals surface area contributed by atoms with Crippen molar-refractivity contribution in [1.82, 2.24) is 5.32 Å². The molecule has 1 N–H and O–H groups in total. The fraction of sp³-hybridized carbons (Fsp3) is 0.462. The maximum Gasteiger partial charge on any atom is 0.223 e. The summed E-state index contributed by atoms with van der Waals surface area (Å²) in [6, 6.07) is 7.53. The number of carbonyl (C=O) groups excluding carboxylic acids is 1. The van der Waals surface area contributed by atoms with E-state index in [2.05, 4.69) is 5.32 Å². The molecule has 1 saturated heterocycles. The Balaban J connectivity index is 1.83. The lowest BCUT2D eigenvalue weighted by atomic mass is 9.99. The Bertz CT molecular complexity index is 389. The van der Waals surface area contributed by atoms with Gasteiger partial charge in [-0.1, -0.05) is 23.7 Å². The molecule has 1 aromatic carbocycles. The monoisotopic (exact) mass is 253 g/mol. The van der Waals surface area contributed by atoms with Gasteiger partial charge in [0.15, 0.2) is 0 Å². The highest BCUT2D eigenvalue weighted by atomic mass is 35.5. The molecule has 0 aromatic heterocycles. The summed E-state index contributed by atoms with van der Waals surface area (Å²) in [7, 11) is 0. The van der Waals surface area contributed by atoms with Crippen molar-refractivity contribution in [3.63, 3.8) is 0 Å². The summed E-state index contributed by atoms with van der Waals surface area (Å²) < 4.78 is 5.23. The number of hydrogen-bond donors (Lipinski definition) is 1. The molecule has 1 aliphatic rings. The van der Waals surface area contributed by atoms with E-state index in [4.69, 9.17) is 16.3 Å². The standard InChI is InChI=1S/C13H16ClNO2/c14-12-3-1-2-10(8-12)9-15-13(16)11-4-6-17-7-5-11/h1-3,8,11H,4-7,9H2,(H,15,16). The van der Waals surface area contributed by atoms with Crippen LogP contribution in [0.3, 0.4) is 0 Å². The Hall–Kier alpha value is -1.06. The van der Waals surface area contributed by atoms with E-state index in [0.717, 1.165) is 18.4 Å². The van der Waals surface area contributed by atoms with Crippen LogP contribution in [0.1, 0.15) is 18.4 Å². The van der Waals surface area contributed by atoms with E-state index in [0.29, 0.717) is 24.8 Å². The highest BCUT2D eigenvalue weighted by molar-refractivity contribution is 6.30. The smallest absolute Gasteiger partial charge is 0.223 e. The second-order valence-corrected chi connectivity index (χ2v) is 4.67. The lowest BCUT2D eigenvalue weighted by Crippen LogP contribution is -2.33. The van der Waals surface area contributed by atoms with Crippen molar-refractivity contribution in [3.8, 4) is 0 Å². The molecule has 0 spiro atoms. The number of hydrogen-bond acceptors (Lipinski definition) is 2. The Morgan fingerprint density at radius 1 is 1.41 bits per heavy atom. The first-order valence-corrected chi connectivity index (χ1v) is 6.23. The van der Waals surface area contributed by atoms with E-state index in [1.165, 1.54) is 0 Å². The maximum absolute atomic E-state index is 11.9. The Labute approximate surface area is 106 Å². The number of rotatable bonds is 3. The first kappa shape index (κ1) is 12.4. The SMILES string of the molecule is O=C(NCc1cccc(Cl)c1)C1CCOCC1. The second-order valence-electron chi connectivity index (χ2n) is 4.23. The summed E-state index contributed by atoms with van der Waals surface area (Å²) in [5.74, 6) is 0.219. The van der Waals surface area contributed by atoms with Crippen molar-refractivity contribution in [3.05, 3.63) is 34.9 Å². The third kappa shape index (κ3) is 3.72. The molecule has 0 radical (unpaired) electrons. The first-order chi connectivity index (χ1) is 8.25. The molecule has 3 nitrogen and oxygen atoms in total. The van der Waals surface area contributed by atoms with E-state index in [9.17, 15) is 4.79 Å². The lowest BCUT2D eigenvalue weighted by Gasteiger charge is -2.21. The largest absolute Gasteiger partial charge is 0.381 e. The number of amides is 1. The van der Waals surface area contributed by atoms with Gasteiger partial charge in [-0.05, 0) is 30.5 Å². The lowest BCUT2D eigenvalue weighted by molar-refractivity contribution is -0.128. The highest BCUT2D eigenvalue weighted by Crippen LogP contribution is 2.15. The Morgan fingerprint density at radius 3 is 2.88 bits per heavy atom. The van der Waals surface area contributed by atoms with Crippen LogP contribution in [0.15, 0.2) is 24.3 Å². The zero-order chi connectivity index (χ0) is 12.1. The van der Waals surface area contributed by atoms with E-state index < -0.39 is 0 Å². The molecular formula is C13H16ClNO2. The van der Waals surface area contributed by atoms with Crippen LogP contribution in [0, 0.1) is 5.92 Å². The number of nitrogens with one attached hydrogen (secondary N) is 1. The van der Waals surface area contributed by atoms with Gasteiger partial charge in [0.05, 0.1) is 0 Å². The number of ether oxygens (including phenoxy) is 1. The van der Waals surface area contributed by atoms with E-state index in [1.54, 1.807) is 0 Å². The van der Waals surface area contributed by atoms with E-state index in [1.807, 2.05) is 24.3 Å². The molecule has 1 fully saturated rings. The molecule has 1 aliphatic heterocycles. The number of carbonyl (C=O) groups is 1. The van der Waals surface area contributed by atoms with Crippen LogP contribution in [0.4, 0.5) is 0 Å². The molecule has 1 heterocycles. The summed E-state index contributed by atoms with van der Waals surface area (Å²) in [4.78, 5) is 11.9. The zero-order valence-electron chi connectivity index (χ0n) is 9.62. The molecule has 1 aromatic rings. The predicted octanol–water partition coefficient (Wildman–Crippen LogP) is 2.38. The Morgan fingerprint density at radius 2 is 2.18 bits per heavy atom. The van der Waals surface area contributed by atoms with Crippen molar-refractivity contribution in [2.75, 3.05) is 13.2 Å². The van der Waals surface area contributed by atoms with Crippen LogP contribution in [0.2, 0.25) is 5.02 Å². The second kappa shape index (κ2) is 6.03. The van der Waals surface area contributed by atoms with Crippen LogP contribution in [-0.4, -0.2) is 19.1 Å². The van der Waals surface area contributed by atoms with Gasteiger partial charge < -0.3 is 10.1 Å². The average molecular weight is 254 g/mol. The summed E-state index contributed by atoms with van der Waals surface area (Å²) in [5, 5.41) is 3.64. The van der Waals surface area contributed by atoms with Crippen molar-refractivity contribution >= 4 is 17.5 Å². The molecule has 0 aliphatic carbocycles. The molecule has 0 bridgehead atoms. The molecule has 0 atom stereocenters. The fourth-order valence-corrected chi connectivity index (χ4v) is 2.15. The van der Waals surface area contributed by atoms with Crippen LogP contribution < -0.4 is 5.32 Å². The van der Waals surface area contributed by atoms with E-state index in [-0.39, 0.29) is 11.8 Å². The van der Waals surface area contributed by atoms with Crippen LogP contribution in [0.5, 0.6) is 0 Å². The van der Waals surface area contributed by atoms with Crippen molar-refractivity contribution in [1.29, 1.82) is 0 Å². The topological polar surface area (TPSA) is 38.3 Å². The van der Waals surface area contributed by atoms with E-state index >= 15 is 0 Å². The summed E-state index contributed by atoms with van der Waals surface area (Å²) in [6.45, 7) is 1.92. The number of benzene rings is 1. The van der Waals surface area contributed by atoms with Gasteiger partial charge in [-0.15, -0.1) is 0 Å². The van der Waals surface area contributed by atoms with Gasteiger partial charge >= 0.3 is 0 Å². The van der Waals surface area contributed by atoms with Gasteiger partial charge in [0.25, 0.3) is 0 Å². The van der Waals surface area contributed by atoms with Gasteiger partial charge in [-0.2, -0.15) is 0 Å². The normalized spacial score (nSPS) is 16.8. The third-order valence-electron chi connectivity index (χ3n) is 2.95. The third-order valence-corrected chi connectivity index (χ3v) is 3.18. The first-order valence-electron chi connectivity index (χ1n) is 5.85. The molecule has 4 heteroatoms. The van der Waals surface area contributed by atoms with Gasteiger partial charge in [0.2, 0.25) is 5.91 Å². The van der Waals surface area contributed by atoms with Crippen LogP contribution in [0.25, 0.3) is 0 Å². The predicted molar refractivity (Wildman–Crippen MR) is 66.8 cm³/mol. The molecule has 1 amide bonds. The minimum Gasteiger partial charge on any atom is -0.381 e. The highest BCUT2D eigenvalue weighted by Gasteiger charge is 2.20. The molecule has 2 rings (SSSR count). The molecule has 17 heavy (non-hydrogen) atoms. The minimum absolute atomic E-state index is 0.0999. The van der Waals surface area contributed by atoms with Gasteiger partial charge in [0.1, 0.15) is 0 Å².